The molecule has 3 aromatic heterocycles. The molecule has 0 radical (unpaired) electrons. The predicted molar refractivity (Wildman–Crippen MR) is 105 cm³/mol. The van der Waals surface area contributed by atoms with Gasteiger partial charge in [-0.15, -0.1) is 0 Å². The van der Waals surface area contributed by atoms with Crippen LogP contribution in [0.2, 0.25) is 0 Å². The molecule has 4 rings (SSSR count). The number of aromatic carboxylic acids is 1. The van der Waals surface area contributed by atoms with Crippen molar-refractivity contribution in [3.63, 3.8) is 0 Å². The van der Waals surface area contributed by atoms with Gasteiger partial charge in [-0.1, -0.05) is 23.4 Å². The highest BCUT2D eigenvalue weighted by Crippen LogP contribution is 2.21. The number of benzene rings is 1. The lowest BCUT2D eigenvalue weighted by molar-refractivity contribution is -0.255. The van der Waals surface area contributed by atoms with E-state index in [1.807, 2.05) is 6.92 Å². The van der Waals surface area contributed by atoms with E-state index in [4.69, 9.17) is 4.52 Å². The Morgan fingerprint density at radius 2 is 1.80 bits per heavy atom. The molecule has 1 aromatic carbocycles. The number of hydrogen-bond acceptors (Lipinski definition) is 7. The molecule has 0 amide bonds. The molecule has 0 N–H and O–H groups in total. The van der Waals surface area contributed by atoms with Crippen molar-refractivity contribution in [2.24, 2.45) is 0 Å². The van der Waals surface area contributed by atoms with Gasteiger partial charge >= 0.3 is 0 Å². The first-order chi connectivity index (χ1) is 14.3. The van der Waals surface area contributed by atoms with E-state index in [9.17, 15) is 19.5 Å². The first-order valence-corrected chi connectivity index (χ1v) is 9.15. The summed E-state index contributed by atoms with van der Waals surface area (Å²) in [6.45, 7) is 4.94. The largest absolute Gasteiger partial charge is 0.543 e. The van der Waals surface area contributed by atoms with Crippen LogP contribution in [0.4, 0.5) is 0 Å². The predicted octanol–water partition coefficient (Wildman–Crippen LogP) is 1.35. The van der Waals surface area contributed by atoms with Crippen LogP contribution in [-0.2, 0) is 6.54 Å². The van der Waals surface area contributed by atoms with E-state index in [-0.39, 0.29) is 22.2 Å². The second-order valence-electron chi connectivity index (χ2n) is 6.98. The van der Waals surface area contributed by atoms with Crippen molar-refractivity contribution in [1.82, 2.24) is 19.5 Å². The Hall–Kier alpha value is -4.01. The Balaban J connectivity index is 1.77. The van der Waals surface area contributed by atoms with Gasteiger partial charge in [-0.3, -0.25) is 14.2 Å². The number of carboxylic acid groups (broad SMARTS) is 1. The average Bonchev–Trinajstić information content (AvgIpc) is 3.26. The van der Waals surface area contributed by atoms with E-state index in [1.165, 1.54) is 12.1 Å². The van der Waals surface area contributed by atoms with Crippen LogP contribution in [0.15, 0.2) is 45.7 Å². The zero-order valence-corrected chi connectivity index (χ0v) is 16.5. The van der Waals surface area contributed by atoms with Gasteiger partial charge in [-0.25, -0.2) is 4.68 Å². The molecule has 0 bridgehead atoms. The van der Waals surface area contributed by atoms with Crippen molar-refractivity contribution in [1.29, 1.82) is 0 Å². The highest BCUT2D eigenvalue weighted by atomic mass is 16.5. The number of aromatic nitrogens is 4. The Morgan fingerprint density at radius 3 is 2.43 bits per heavy atom. The minimum Gasteiger partial charge on any atom is -0.543 e. The van der Waals surface area contributed by atoms with Crippen LogP contribution in [0.1, 0.15) is 38.0 Å². The molecule has 0 unspecified atom stereocenters. The first kappa shape index (κ1) is 19.3. The lowest BCUT2D eigenvalue weighted by atomic mass is 10.1. The maximum absolute atomic E-state index is 13.0. The number of carboxylic acids is 1. The third-order valence-corrected chi connectivity index (χ3v) is 4.93. The van der Waals surface area contributed by atoms with Crippen LogP contribution in [0, 0.1) is 20.8 Å². The number of fused-ring (bicyclic) bond motifs is 1. The topological polar surface area (TPSA) is 123 Å². The van der Waals surface area contributed by atoms with Gasteiger partial charge in [0.1, 0.15) is 18.0 Å². The summed E-state index contributed by atoms with van der Waals surface area (Å²) < 4.78 is 7.75. The molecule has 9 nitrogen and oxygen atoms in total. The molecule has 0 saturated carbocycles. The molecular formula is C21H17N4O5-. The van der Waals surface area contributed by atoms with Crippen molar-refractivity contribution in [2.75, 3.05) is 0 Å². The summed E-state index contributed by atoms with van der Waals surface area (Å²) in [4.78, 5) is 37.2. The number of nitrogens with zero attached hydrogens (tertiary/aromatic N) is 4. The Bertz CT molecular complexity index is 1380. The van der Waals surface area contributed by atoms with Gasteiger partial charge in [-0.2, -0.15) is 5.10 Å². The summed E-state index contributed by atoms with van der Waals surface area (Å²) in [6, 6.07) is 9.62. The molecule has 0 aliphatic heterocycles. The highest BCUT2D eigenvalue weighted by molar-refractivity contribution is 6.01. The second-order valence-corrected chi connectivity index (χ2v) is 6.98. The highest BCUT2D eigenvalue weighted by Gasteiger charge is 2.20. The van der Waals surface area contributed by atoms with Crippen LogP contribution >= 0.6 is 0 Å². The molecule has 3 heterocycles. The van der Waals surface area contributed by atoms with Crippen LogP contribution in [0.25, 0.3) is 16.6 Å². The van der Waals surface area contributed by atoms with Crippen molar-refractivity contribution in [2.45, 2.75) is 27.3 Å². The smallest absolute Gasteiger partial charge is 0.275 e. The van der Waals surface area contributed by atoms with Crippen molar-refractivity contribution in [3.05, 3.63) is 75.2 Å². The number of carbonyl (C=O) groups is 2. The van der Waals surface area contributed by atoms with E-state index in [1.54, 1.807) is 42.7 Å². The van der Waals surface area contributed by atoms with E-state index in [0.29, 0.717) is 22.8 Å². The Morgan fingerprint density at radius 1 is 1.10 bits per heavy atom. The van der Waals surface area contributed by atoms with Gasteiger partial charge in [0.2, 0.25) is 0 Å². The molecular weight excluding hydrogens is 388 g/mol. The SMILES string of the molecule is Cc1cc(-n2c(C)cc(C(=O)Cn3nc(C(=O)[O-])c4ccccc4c3=O)c2C)no1. The van der Waals surface area contributed by atoms with Gasteiger partial charge in [0, 0.05) is 28.4 Å². The van der Waals surface area contributed by atoms with Gasteiger partial charge < -0.3 is 14.4 Å². The maximum Gasteiger partial charge on any atom is 0.275 e. The Kier molecular flexibility index (Phi) is 4.57. The summed E-state index contributed by atoms with van der Waals surface area (Å²) >= 11 is 0. The molecule has 0 aliphatic rings. The average molecular weight is 405 g/mol. The summed E-state index contributed by atoms with van der Waals surface area (Å²) in [6.07, 6.45) is 0. The van der Waals surface area contributed by atoms with Gasteiger partial charge in [0.15, 0.2) is 11.6 Å². The summed E-state index contributed by atoms with van der Waals surface area (Å²) in [5.41, 5.74) is 0.828. The minimum atomic E-state index is -1.52. The number of aryl methyl sites for hydroxylation is 2. The number of hydrogen-bond donors (Lipinski definition) is 0. The fourth-order valence-electron chi connectivity index (χ4n) is 3.57. The monoisotopic (exact) mass is 405 g/mol. The summed E-state index contributed by atoms with van der Waals surface area (Å²) in [5, 5.41) is 19.7. The molecule has 4 aromatic rings. The Labute approximate surface area is 170 Å². The van der Waals surface area contributed by atoms with Gasteiger partial charge in [0.05, 0.1) is 11.4 Å². The molecule has 0 saturated heterocycles. The van der Waals surface area contributed by atoms with Crippen molar-refractivity contribution < 1.29 is 19.2 Å². The lowest BCUT2D eigenvalue weighted by Gasteiger charge is -2.11. The number of carbonyl (C=O) groups excluding carboxylic acids is 2. The fourth-order valence-corrected chi connectivity index (χ4v) is 3.57. The molecule has 152 valence electrons. The number of Topliss-reactive ketones (excluding diaryl/α,β-unsaturated/α-hetero) is 1. The molecule has 0 aliphatic carbocycles. The van der Waals surface area contributed by atoms with E-state index >= 15 is 0 Å². The summed E-state index contributed by atoms with van der Waals surface area (Å²) in [7, 11) is 0. The van der Waals surface area contributed by atoms with Crippen LogP contribution in [-0.4, -0.2) is 31.3 Å². The van der Waals surface area contributed by atoms with E-state index < -0.39 is 18.1 Å². The molecule has 0 fully saturated rings. The van der Waals surface area contributed by atoms with Crippen molar-refractivity contribution in [3.8, 4) is 5.82 Å². The zero-order valence-electron chi connectivity index (χ0n) is 16.5. The third kappa shape index (κ3) is 3.10. The third-order valence-electron chi connectivity index (χ3n) is 4.93. The standard InChI is InChI=1S/C21H18N4O5/c1-11-8-16(13(3)25(11)18-9-12(2)30-23-18)17(26)10-24-20(27)15-7-5-4-6-14(15)19(22-24)21(28)29/h4-9H,10H2,1-3H3,(H,28,29)/p-1. The van der Waals surface area contributed by atoms with Crippen LogP contribution in [0.3, 0.4) is 0 Å². The first-order valence-electron chi connectivity index (χ1n) is 9.15. The van der Waals surface area contributed by atoms with Gasteiger partial charge in [-0.05, 0) is 32.9 Å². The lowest BCUT2D eigenvalue weighted by Crippen LogP contribution is -2.32. The van der Waals surface area contributed by atoms with E-state index in [2.05, 4.69) is 10.3 Å². The second kappa shape index (κ2) is 7.11. The quantitative estimate of drug-likeness (QED) is 0.459. The molecule has 30 heavy (non-hydrogen) atoms. The van der Waals surface area contributed by atoms with Crippen LogP contribution in [0.5, 0.6) is 0 Å². The minimum absolute atomic E-state index is 0.156. The van der Waals surface area contributed by atoms with E-state index in [0.717, 1.165) is 10.4 Å². The molecule has 9 heteroatoms. The normalized spacial score (nSPS) is 11.2. The van der Waals surface area contributed by atoms with Crippen LogP contribution < -0.4 is 10.7 Å². The van der Waals surface area contributed by atoms with Gasteiger partial charge in [0.25, 0.3) is 5.56 Å². The van der Waals surface area contributed by atoms with Crippen molar-refractivity contribution >= 4 is 22.5 Å². The maximum atomic E-state index is 13.0. The molecule has 0 atom stereocenters. The summed E-state index contributed by atoms with van der Waals surface area (Å²) in [5.74, 6) is -0.732. The zero-order chi connectivity index (χ0) is 21.6. The molecule has 0 spiro atoms. The fraction of sp³-hybridized carbons (Fsp3) is 0.190. The number of rotatable bonds is 5. The number of ketones is 1.